The Labute approximate surface area is 146 Å². The minimum absolute atomic E-state index is 0.306. The lowest BCUT2D eigenvalue weighted by Crippen LogP contribution is -2.12. The topological polar surface area (TPSA) is 39.7 Å². The van der Waals surface area contributed by atoms with Crippen LogP contribution in [0.1, 0.15) is 11.1 Å². The van der Waals surface area contributed by atoms with Crippen LogP contribution in [-0.4, -0.2) is 13.9 Å². The van der Waals surface area contributed by atoms with Gasteiger partial charge in [0.25, 0.3) is 0 Å². The molecule has 4 nitrogen and oxygen atoms in total. The van der Waals surface area contributed by atoms with Crippen molar-refractivity contribution in [3.8, 4) is 17.2 Å². The Bertz CT molecular complexity index is 668. The van der Waals surface area contributed by atoms with Gasteiger partial charge in [0.1, 0.15) is 5.75 Å². The number of rotatable bonds is 5. The van der Waals surface area contributed by atoms with Crippen LogP contribution in [0.5, 0.6) is 17.2 Å². The number of ether oxygens (including phenoxy) is 3. The van der Waals surface area contributed by atoms with Crippen molar-refractivity contribution in [1.29, 1.82) is 0 Å². The van der Waals surface area contributed by atoms with Crippen molar-refractivity contribution in [2.75, 3.05) is 13.9 Å². The fourth-order valence-corrected chi connectivity index (χ4v) is 3.92. The van der Waals surface area contributed by atoms with Crippen molar-refractivity contribution in [2.24, 2.45) is 0 Å². The highest BCUT2D eigenvalue weighted by Crippen LogP contribution is 2.34. The van der Waals surface area contributed by atoms with Gasteiger partial charge in [0.05, 0.1) is 16.1 Å². The molecule has 1 heterocycles. The van der Waals surface area contributed by atoms with Crippen LogP contribution in [0, 0.1) is 0 Å². The van der Waals surface area contributed by atoms with Gasteiger partial charge in [-0.1, -0.05) is 6.07 Å². The summed E-state index contributed by atoms with van der Waals surface area (Å²) >= 11 is 7.03. The minimum atomic E-state index is 0.306. The van der Waals surface area contributed by atoms with Crippen LogP contribution < -0.4 is 19.5 Å². The molecule has 0 aromatic heterocycles. The molecule has 0 unspecified atom stereocenters. The lowest BCUT2D eigenvalue weighted by atomic mass is 10.2. The van der Waals surface area contributed by atoms with Gasteiger partial charge in [0.2, 0.25) is 6.79 Å². The Morgan fingerprint density at radius 3 is 2.41 bits per heavy atom. The largest absolute Gasteiger partial charge is 0.494 e. The third kappa shape index (κ3) is 3.39. The summed E-state index contributed by atoms with van der Waals surface area (Å²) in [5.41, 5.74) is 2.33. The first-order valence-electron chi connectivity index (χ1n) is 6.78. The third-order valence-corrected chi connectivity index (χ3v) is 4.54. The molecule has 0 saturated heterocycles. The predicted octanol–water partition coefficient (Wildman–Crippen LogP) is 4.24. The summed E-state index contributed by atoms with van der Waals surface area (Å²) in [6, 6.07) is 10.1. The summed E-state index contributed by atoms with van der Waals surface area (Å²) in [6.45, 7) is 1.83. The van der Waals surface area contributed by atoms with Crippen molar-refractivity contribution < 1.29 is 14.2 Å². The summed E-state index contributed by atoms with van der Waals surface area (Å²) in [5.74, 6) is 2.43. The normalized spacial score (nSPS) is 12.5. The number of nitrogens with one attached hydrogen (secondary N) is 1. The smallest absolute Gasteiger partial charge is 0.231 e. The van der Waals surface area contributed by atoms with Crippen LogP contribution in [-0.2, 0) is 13.1 Å². The number of halogens is 2. The second-order valence-electron chi connectivity index (χ2n) is 4.88. The van der Waals surface area contributed by atoms with E-state index < -0.39 is 0 Å². The molecule has 0 atom stereocenters. The summed E-state index contributed by atoms with van der Waals surface area (Å²) in [7, 11) is 1.66. The summed E-state index contributed by atoms with van der Waals surface area (Å²) in [5, 5.41) is 3.42. The van der Waals surface area contributed by atoms with Crippen molar-refractivity contribution >= 4 is 31.9 Å². The zero-order valence-electron chi connectivity index (χ0n) is 12.0. The lowest BCUT2D eigenvalue weighted by Gasteiger charge is -2.10. The first-order chi connectivity index (χ1) is 10.7. The molecule has 1 aliphatic rings. The van der Waals surface area contributed by atoms with Crippen molar-refractivity contribution in [3.63, 3.8) is 0 Å². The van der Waals surface area contributed by atoms with E-state index in [1.54, 1.807) is 7.11 Å². The van der Waals surface area contributed by atoms with Gasteiger partial charge in [-0.2, -0.15) is 0 Å². The zero-order valence-corrected chi connectivity index (χ0v) is 15.2. The average Bonchev–Trinajstić information content (AvgIpc) is 2.94. The van der Waals surface area contributed by atoms with E-state index in [4.69, 9.17) is 14.2 Å². The SMILES string of the molecule is COc1c(Br)cc(CNCc2ccc3c(c2)OCO3)cc1Br. The standard InChI is InChI=1S/C16H15Br2NO3/c1-20-16-12(17)4-11(5-13(16)18)8-19-7-10-2-3-14-15(6-10)22-9-21-14/h2-6,19H,7-9H2,1H3. The zero-order chi connectivity index (χ0) is 15.5. The molecule has 0 bridgehead atoms. The Hall–Kier alpha value is -1.24. The monoisotopic (exact) mass is 427 g/mol. The van der Waals surface area contributed by atoms with Gasteiger partial charge in [-0.05, 0) is 67.3 Å². The maximum absolute atomic E-state index is 5.38. The molecule has 22 heavy (non-hydrogen) atoms. The van der Waals surface area contributed by atoms with E-state index in [2.05, 4.69) is 49.3 Å². The Balaban J connectivity index is 1.61. The second kappa shape index (κ2) is 6.89. The number of hydrogen-bond acceptors (Lipinski definition) is 4. The highest BCUT2D eigenvalue weighted by Gasteiger charge is 2.13. The van der Waals surface area contributed by atoms with Crippen molar-refractivity contribution in [1.82, 2.24) is 5.32 Å². The van der Waals surface area contributed by atoms with Crippen LogP contribution in [0.2, 0.25) is 0 Å². The third-order valence-electron chi connectivity index (χ3n) is 3.36. The van der Waals surface area contributed by atoms with E-state index in [1.165, 1.54) is 5.56 Å². The molecule has 0 saturated carbocycles. The molecule has 0 aliphatic carbocycles. The molecule has 116 valence electrons. The van der Waals surface area contributed by atoms with E-state index in [9.17, 15) is 0 Å². The summed E-state index contributed by atoms with van der Waals surface area (Å²) < 4.78 is 17.9. The van der Waals surface area contributed by atoms with Gasteiger partial charge in [-0.25, -0.2) is 0 Å². The number of hydrogen-bond donors (Lipinski definition) is 1. The Morgan fingerprint density at radius 1 is 1.00 bits per heavy atom. The van der Waals surface area contributed by atoms with Gasteiger partial charge < -0.3 is 19.5 Å². The Kier molecular flexibility index (Phi) is 4.90. The number of methoxy groups -OCH3 is 1. The fraction of sp³-hybridized carbons (Fsp3) is 0.250. The quantitative estimate of drug-likeness (QED) is 0.773. The van der Waals surface area contributed by atoms with Crippen LogP contribution in [0.3, 0.4) is 0 Å². The number of fused-ring (bicyclic) bond motifs is 1. The molecule has 6 heteroatoms. The second-order valence-corrected chi connectivity index (χ2v) is 6.59. The van der Waals surface area contributed by atoms with Crippen LogP contribution >= 0.6 is 31.9 Å². The molecule has 2 aromatic carbocycles. The molecule has 1 N–H and O–H groups in total. The van der Waals surface area contributed by atoms with E-state index in [1.807, 2.05) is 18.2 Å². The molecule has 3 rings (SSSR count). The van der Waals surface area contributed by atoms with Gasteiger partial charge in [-0.15, -0.1) is 0 Å². The average molecular weight is 429 g/mol. The van der Waals surface area contributed by atoms with Crippen molar-refractivity contribution in [2.45, 2.75) is 13.1 Å². The maximum Gasteiger partial charge on any atom is 0.231 e. The van der Waals surface area contributed by atoms with E-state index in [-0.39, 0.29) is 0 Å². The highest BCUT2D eigenvalue weighted by atomic mass is 79.9. The minimum Gasteiger partial charge on any atom is -0.494 e. The molecule has 2 aromatic rings. The molecular weight excluding hydrogens is 414 g/mol. The van der Waals surface area contributed by atoms with Crippen LogP contribution in [0.4, 0.5) is 0 Å². The molecule has 0 radical (unpaired) electrons. The molecule has 0 spiro atoms. The van der Waals surface area contributed by atoms with Crippen LogP contribution in [0.25, 0.3) is 0 Å². The van der Waals surface area contributed by atoms with Crippen LogP contribution in [0.15, 0.2) is 39.3 Å². The van der Waals surface area contributed by atoms with Crippen molar-refractivity contribution in [3.05, 3.63) is 50.4 Å². The van der Waals surface area contributed by atoms with E-state index in [0.717, 1.165) is 44.8 Å². The highest BCUT2D eigenvalue weighted by molar-refractivity contribution is 9.11. The number of benzene rings is 2. The summed E-state index contributed by atoms with van der Waals surface area (Å²) in [4.78, 5) is 0. The fourth-order valence-electron chi connectivity index (χ4n) is 2.31. The maximum atomic E-state index is 5.38. The first kappa shape index (κ1) is 15.6. The first-order valence-corrected chi connectivity index (χ1v) is 8.37. The van der Waals surface area contributed by atoms with Gasteiger partial charge >= 0.3 is 0 Å². The van der Waals surface area contributed by atoms with E-state index in [0.29, 0.717) is 6.79 Å². The van der Waals surface area contributed by atoms with E-state index >= 15 is 0 Å². The van der Waals surface area contributed by atoms with Gasteiger partial charge in [0.15, 0.2) is 11.5 Å². The molecular formula is C16H15Br2NO3. The Morgan fingerprint density at radius 2 is 1.68 bits per heavy atom. The molecule has 1 aliphatic heterocycles. The lowest BCUT2D eigenvalue weighted by molar-refractivity contribution is 0.174. The predicted molar refractivity (Wildman–Crippen MR) is 91.5 cm³/mol. The van der Waals surface area contributed by atoms with Gasteiger partial charge in [0, 0.05) is 13.1 Å². The summed E-state index contributed by atoms with van der Waals surface area (Å²) in [6.07, 6.45) is 0. The molecule has 0 amide bonds. The van der Waals surface area contributed by atoms with Gasteiger partial charge in [-0.3, -0.25) is 0 Å². The molecule has 0 fully saturated rings.